The molecule has 0 fully saturated rings. The van der Waals surface area contributed by atoms with Crippen LogP contribution in [-0.4, -0.2) is 24.7 Å². The van der Waals surface area contributed by atoms with E-state index in [1.54, 1.807) is 0 Å². The van der Waals surface area contributed by atoms with E-state index in [-0.39, 0.29) is 22.8 Å². The number of rotatable bonds is 5. The van der Waals surface area contributed by atoms with E-state index in [0.717, 1.165) is 17.0 Å². The Morgan fingerprint density at radius 3 is 2.62 bits per heavy atom. The third-order valence-electron chi connectivity index (χ3n) is 2.86. The van der Waals surface area contributed by atoms with E-state index in [9.17, 15) is 18.5 Å². The molecule has 2 rings (SSSR count). The highest BCUT2D eigenvalue weighted by atomic mass is 32.2. The number of hydrogen-bond donors (Lipinski definition) is 1. The molecule has 9 heteroatoms. The first-order chi connectivity index (χ1) is 9.82. The molecule has 0 saturated heterocycles. The van der Waals surface area contributed by atoms with Gasteiger partial charge >= 0.3 is 0 Å². The van der Waals surface area contributed by atoms with Crippen LogP contribution in [-0.2, 0) is 16.6 Å². The molecule has 1 aromatic heterocycles. The standard InChI is InChI=1S/C12H13N3O4S2/c1-14(8-9-3-2-6-20-9)21(18,19)10-4-5-12(15(16)17)11(13)7-10/h2-7H,8,13H2,1H3. The first-order valence-corrected chi connectivity index (χ1v) is 8.17. The zero-order valence-corrected chi connectivity index (χ0v) is 12.7. The van der Waals surface area contributed by atoms with E-state index in [1.807, 2.05) is 17.5 Å². The largest absolute Gasteiger partial charge is 0.393 e. The van der Waals surface area contributed by atoms with E-state index in [1.165, 1.54) is 28.8 Å². The summed E-state index contributed by atoms with van der Waals surface area (Å²) >= 11 is 1.45. The predicted octanol–water partition coefficient (Wildman–Crippen LogP) is 2.06. The molecule has 2 N–H and O–H groups in total. The fourth-order valence-corrected chi connectivity index (χ4v) is 3.77. The van der Waals surface area contributed by atoms with Crippen LogP contribution >= 0.6 is 11.3 Å². The second-order valence-corrected chi connectivity index (χ2v) is 7.40. The minimum atomic E-state index is -3.74. The molecule has 112 valence electrons. The minimum Gasteiger partial charge on any atom is -0.393 e. The quantitative estimate of drug-likeness (QED) is 0.514. The molecule has 2 aromatic rings. The highest BCUT2D eigenvalue weighted by molar-refractivity contribution is 7.89. The lowest BCUT2D eigenvalue weighted by Crippen LogP contribution is -2.26. The van der Waals surface area contributed by atoms with E-state index < -0.39 is 14.9 Å². The monoisotopic (exact) mass is 327 g/mol. The second-order valence-electron chi connectivity index (χ2n) is 4.32. The molecular formula is C12H13N3O4S2. The van der Waals surface area contributed by atoms with E-state index in [4.69, 9.17) is 5.73 Å². The van der Waals surface area contributed by atoms with Crippen molar-refractivity contribution in [3.63, 3.8) is 0 Å². The van der Waals surface area contributed by atoms with E-state index in [2.05, 4.69) is 0 Å². The Morgan fingerprint density at radius 1 is 1.38 bits per heavy atom. The fraction of sp³-hybridized carbons (Fsp3) is 0.167. The third-order valence-corrected chi connectivity index (χ3v) is 5.52. The lowest BCUT2D eigenvalue weighted by Gasteiger charge is -2.16. The van der Waals surface area contributed by atoms with Gasteiger partial charge in [-0.2, -0.15) is 4.31 Å². The van der Waals surface area contributed by atoms with Gasteiger partial charge in [-0.1, -0.05) is 6.07 Å². The number of nitrogens with two attached hydrogens (primary N) is 1. The first kappa shape index (κ1) is 15.4. The normalized spacial score (nSPS) is 11.7. The molecule has 0 radical (unpaired) electrons. The number of nitro benzene ring substituents is 1. The topological polar surface area (TPSA) is 107 Å². The van der Waals surface area contributed by atoms with Crippen LogP contribution in [0, 0.1) is 10.1 Å². The predicted molar refractivity (Wildman–Crippen MR) is 80.5 cm³/mol. The maximum Gasteiger partial charge on any atom is 0.292 e. The summed E-state index contributed by atoms with van der Waals surface area (Å²) in [6, 6.07) is 7.07. The number of hydrogen-bond acceptors (Lipinski definition) is 6. The molecule has 21 heavy (non-hydrogen) atoms. The molecule has 0 amide bonds. The lowest BCUT2D eigenvalue weighted by molar-refractivity contribution is -0.383. The molecule has 7 nitrogen and oxygen atoms in total. The summed E-state index contributed by atoms with van der Waals surface area (Å²) in [4.78, 5) is 10.9. The summed E-state index contributed by atoms with van der Waals surface area (Å²) in [5, 5.41) is 12.6. The van der Waals surface area contributed by atoms with Crippen LogP contribution in [0.15, 0.2) is 40.6 Å². The van der Waals surface area contributed by atoms with Crippen LogP contribution in [0.3, 0.4) is 0 Å². The maximum atomic E-state index is 12.4. The Kier molecular flexibility index (Phi) is 4.26. The van der Waals surface area contributed by atoms with Crippen LogP contribution in [0.25, 0.3) is 0 Å². The van der Waals surface area contributed by atoms with Crippen LogP contribution in [0.5, 0.6) is 0 Å². The molecule has 1 aromatic carbocycles. The maximum absolute atomic E-state index is 12.4. The molecule has 0 bridgehead atoms. The second kappa shape index (κ2) is 5.80. The van der Waals surface area contributed by atoms with Gasteiger partial charge < -0.3 is 5.73 Å². The van der Waals surface area contributed by atoms with Crippen molar-refractivity contribution in [3.8, 4) is 0 Å². The summed E-state index contributed by atoms with van der Waals surface area (Å²) in [5.41, 5.74) is 5.05. The highest BCUT2D eigenvalue weighted by Crippen LogP contribution is 2.26. The number of anilines is 1. The molecular weight excluding hydrogens is 314 g/mol. The van der Waals surface area contributed by atoms with Crippen LogP contribution in [0.4, 0.5) is 11.4 Å². The van der Waals surface area contributed by atoms with Gasteiger partial charge in [0.25, 0.3) is 5.69 Å². The Labute approximate surface area is 125 Å². The number of nitrogens with zero attached hydrogens (tertiary/aromatic N) is 2. The smallest absolute Gasteiger partial charge is 0.292 e. The van der Waals surface area contributed by atoms with E-state index in [0.29, 0.717) is 0 Å². The molecule has 0 atom stereocenters. The Bertz CT molecular complexity index is 757. The van der Waals surface area contributed by atoms with Crippen LogP contribution < -0.4 is 5.73 Å². The van der Waals surface area contributed by atoms with E-state index >= 15 is 0 Å². The zero-order valence-electron chi connectivity index (χ0n) is 11.1. The van der Waals surface area contributed by atoms with Gasteiger partial charge in [0.2, 0.25) is 10.0 Å². The molecule has 0 spiro atoms. The summed E-state index contributed by atoms with van der Waals surface area (Å²) < 4.78 is 26.0. The number of benzene rings is 1. The van der Waals surface area contributed by atoms with Crippen molar-refractivity contribution in [2.45, 2.75) is 11.4 Å². The molecule has 0 aliphatic rings. The molecule has 0 unspecified atom stereocenters. The third kappa shape index (κ3) is 3.20. The fourth-order valence-electron chi connectivity index (χ4n) is 1.75. The molecule has 1 heterocycles. The van der Waals surface area contributed by atoms with Gasteiger partial charge in [-0.15, -0.1) is 11.3 Å². The van der Waals surface area contributed by atoms with Crippen molar-refractivity contribution in [2.75, 3.05) is 12.8 Å². The molecule has 0 saturated carbocycles. The molecule has 0 aliphatic carbocycles. The Morgan fingerprint density at radius 2 is 2.10 bits per heavy atom. The summed E-state index contributed by atoms with van der Waals surface area (Å²) in [6.45, 7) is 0.233. The summed E-state index contributed by atoms with van der Waals surface area (Å²) in [6.07, 6.45) is 0. The zero-order chi connectivity index (χ0) is 15.6. The first-order valence-electron chi connectivity index (χ1n) is 5.85. The average molecular weight is 327 g/mol. The number of nitrogen functional groups attached to an aromatic ring is 1. The molecule has 0 aliphatic heterocycles. The Balaban J connectivity index is 2.31. The summed E-state index contributed by atoms with van der Waals surface area (Å²) in [5.74, 6) is 0. The van der Waals surface area contributed by atoms with Crippen molar-refractivity contribution in [1.82, 2.24) is 4.31 Å². The van der Waals surface area contributed by atoms with Crippen molar-refractivity contribution in [2.24, 2.45) is 0 Å². The van der Waals surface area contributed by atoms with Gasteiger partial charge in [-0.25, -0.2) is 8.42 Å². The van der Waals surface area contributed by atoms with Crippen molar-refractivity contribution >= 4 is 32.7 Å². The van der Waals surface area contributed by atoms with Crippen molar-refractivity contribution in [1.29, 1.82) is 0 Å². The van der Waals surface area contributed by atoms with Crippen LogP contribution in [0.1, 0.15) is 4.88 Å². The van der Waals surface area contributed by atoms with Crippen molar-refractivity contribution in [3.05, 3.63) is 50.7 Å². The number of sulfonamides is 1. The lowest BCUT2D eigenvalue weighted by atomic mass is 10.3. The van der Waals surface area contributed by atoms with Gasteiger partial charge in [0.05, 0.1) is 9.82 Å². The highest BCUT2D eigenvalue weighted by Gasteiger charge is 2.23. The Hall–Kier alpha value is -1.97. The minimum absolute atomic E-state index is 0.0651. The van der Waals surface area contributed by atoms with Gasteiger partial charge in [0.15, 0.2) is 0 Å². The van der Waals surface area contributed by atoms with Crippen molar-refractivity contribution < 1.29 is 13.3 Å². The van der Waals surface area contributed by atoms with Gasteiger partial charge in [0.1, 0.15) is 5.69 Å². The van der Waals surface area contributed by atoms with Gasteiger partial charge in [-0.05, 0) is 23.6 Å². The van der Waals surface area contributed by atoms with Gasteiger partial charge in [0, 0.05) is 24.5 Å². The van der Waals surface area contributed by atoms with Crippen LogP contribution in [0.2, 0.25) is 0 Å². The number of thiophene rings is 1. The number of nitro groups is 1. The average Bonchev–Trinajstić information content (AvgIpc) is 2.90. The van der Waals surface area contributed by atoms with Gasteiger partial charge in [-0.3, -0.25) is 10.1 Å². The summed E-state index contributed by atoms with van der Waals surface area (Å²) in [7, 11) is -2.29. The SMILES string of the molecule is CN(Cc1cccs1)S(=O)(=O)c1ccc([N+](=O)[O-])c(N)c1.